The topological polar surface area (TPSA) is 70.0 Å². The number of hydrogen-bond acceptors (Lipinski definition) is 4. The molecule has 0 fully saturated rings. The van der Waals surface area contributed by atoms with Gasteiger partial charge in [-0.25, -0.2) is 8.42 Å². The summed E-state index contributed by atoms with van der Waals surface area (Å²) in [5.41, 5.74) is 1.15. The lowest BCUT2D eigenvalue weighted by molar-refractivity contribution is 0.601. The number of benzene rings is 1. The molecule has 0 saturated carbocycles. The lowest BCUT2D eigenvalue weighted by Crippen LogP contribution is -2.12. The predicted octanol–water partition coefficient (Wildman–Crippen LogP) is 3.49. The van der Waals surface area contributed by atoms with Crippen LogP contribution in [-0.4, -0.2) is 8.42 Å². The Morgan fingerprint density at radius 1 is 1.37 bits per heavy atom. The first-order valence-electron chi connectivity index (χ1n) is 5.20. The van der Waals surface area contributed by atoms with E-state index in [2.05, 4.69) is 20.7 Å². The number of rotatable bonds is 3. The van der Waals surface area contributed by atoms with Crippen LogP contribution in [0.1, 0.15) is 11.1 Å². The largest absolute Gasteiger partial charge is 0.269 e. The molecule has 0 radical (unpaired) electrons. The lowest BCUT2D eigenvalue weighted by Gasteiger charge is -2.08. The molecule has 2 aromatic rings. The maximum Gasteiger partial charge on any atom is 0.262 e. The van der Waals surface area contributed by atoms with Crippen molar-refractivity contribution in [1.29, 1.82) is 5.26 Å². The molecule has 1 aromatic carbocycles. The highest BCUT2D eigenvalue weighted by Gasteiger charge is 2.17. The number of thiophene rings is 1. The number of sulfonamides is 1. The summed E-state index contributed by atoms with van der Waals surface area (Å²) in [6.45, 7) is 1.81. The standard InChI is InChI=1S/C12H9BrN2O2S2/c1-8-6-10(2-3-11(8)13)19(16,17)15-12-9(7-14)4-5-18-12/h2-6,15H,1H3. The average Bonchev–Trinajstić information content (AvgIpc) is 2.79. The van der Waals surface area contributed by atoms with Gasteiger partial charge in [-0.3, -0.25) is 4.72 Å². The van der Waals surface area contributed by atoms with Crippen LogP contribution in [0, 0.1) is 18.3 Å². The van der Waals surface area contributed by atoms with Crippen molar-refractivity contribution in [1.82, 2.24) is 0 Å². The van der Waals surface area contributed by atoms with Crippen LogP contribution in [-0.2, 0) is 10.0 Å². The van der Waals surface area contributed by atoms with Crippen molar-refractivity contribution < 1.29 is 8.42 Å². The smallest absolute Gasteiger partial charge is 0.262 e. The third-order valence-corrected chi connectivity index (χ3v) is 5.65. The van der Waals surface area contributed by atoms with Crippen LogP contribution in [0.15, 0.2) is 39.0 Å². The Morgan fingerprint density at radius 2 is 2.11 bits per heavy atom. The number of halogens is 1. The molecular weight excluding hydrogens is 348 g/mol. The van der Waals surface area contributed by atoms with Crippen molar-refractivity contribution in [2.45, 2.75) is 11.8 Å². The fourth-order valence-corrected chi connectivity index (χ4v) is 3.84. The molecule has 0 aliphatic heterocycles. The Balaban J connectivity index is 2.38. The maximum atomic E-state index is 12.2. The molecule has 0 spiro atoms. The molecule has 7 heteroatoms. The van der Waals surface area contributed by atoms with Crippen molar-refractivity contribution >= 4 is 42.3 Å². The normalized spacial score (nSPS) is 11.0. The van der Waals surface area contributed by atoms with Crippen LogP contribution in [0.5, 0.6) is 0 Å². The van der Waals surface area contributed by atoms with E-state index < -0.39 is 10.0 Å². The van der Waals surface area contributed by atoms with Gasteiger partial charge >= 0.3 is 0 Å². The maximum absolute atomic E-state index is 12.2. The zero-order chi connectivity index (χ0) is 14.0. The molecule has 0 aliphatic rings. The number of nitrogens with one attached hydrogen (secondary N) is 1. The first-order valence-corrected chi connectivity index (χ1v) is 8.36. The monoisotopic (exact) mass is 356 g/mol. The Labute approximate surface area is 123 Å². The molecule has 0 bridgehead atoms. The summed E-state index contributed by atoms with van der Waals surface area (Å²) in [7, 11) is -3.67. The van der Waals surface area contributed by atoms with Gasteiger partial charge in [0.05, 0.1) is 10.5 Å². The minimum Gasteiger partial charge on any atom is -0.269 e. The summed E-state index contributed by atoms with van der Waals surface area (Å²) in [6.07, 6.45) is 0. The molecule has 0 unspecified atom stereocenters. The third kappa shape index (κ3) is 2.97. The van der Waals surface area contributed by atoms with E-state index in [4.69, 9.17) is 5.26 Å². The summed E-state index contributed by atoms with van der Waals surface area (Å²) in [5.74, 6) is 0. The van der Waals surface area contributed by atoms with Crippen LogP contribution in [0.4, 0.5) is 5.00 Å². The first-order chi connectivity index (χ1) is 8.94. The minimum absolute atomic E-state index is 0.172. The molecule has 0 aliphatic carbocycles. The molecule has 1 aromatic heterocycles. The van der Waals surface area contributed by atoms with Gasteiger partial charge in [0.1, 0.15) is 11.1 Å². The summed E-state index contributed by atoms with van der Waals surface area (Å²) in [4.78, 5) is 0.172. The molecular formula is C12H9BrN2O2S2. The second-order valence-corrected chi connectivity index (χ2v) is 7.24. The zero-order valence-corrected chi connectivity index (χ0v) is 13.1. The van der Waals surface area contributed by atoms with Gasteiger partial charge in [0.2, 0.25) is 0 Å². The minimum atomic E-state index is -3.67. The Kier molecular flexibility index (Phi) is 3.94. The van der Waals surface area contributed by atoms with Gasteiger partial charge in [-0.1, -0.05) is 15.9 Å². The van der Waals surface area contributed by atoms with Crippen molar-refractivity contribution in [2.24, 2.45) is 0 Å². The van der Waals surface area contributed by atoms with Gasteiger partial charge < -0.3 is 0 Å². The first kappa shape index (κ1) is 14.1. The summed E-state index contributed by atoms with van der Waals surface area (Å²) >= 11 is 4.50. The van der Waals surface area contributed by atoms with E-state index in [-0.39, 0.29) is 4.90 Å². The Bertz CT molecular complexity index is 760. The van der Waals surface area contributed by atoms with Crippen LogP contribution >= 0.6 is 27.3 Å². The van der Waals surface area contributed by atoms with Gasteiger partial charge in [0.15, 0.2) is 0 Å². The van der Waals surface area contributed by atoms with Gasteiger partial charge in [-0.2, -0.15) is 5.26 Å². The highest BCUT2D eigenvalue weighted by atomic mass is 79.9. The van der Waals surface area contributed by atoms with Gasteiger partial charge in [-0.05, 0) is 42.1 Å². The highest BCUT2D eigenvalue weighted by molar-refractivity contribution is 9.10. The summed E-state index contributed by atoms with van der Waals surface area (Å²) in [5, 5.41) is 10.9. The number of nitrogens with zero attached hydrogens (tertiary/aromatic N) is 1. The molecule has 4 nitrogen and oxygen atoms in total. The summed E-state index contributed by atoms with van der Waals surface area (Å²) < 4.78 is 27.7. The lowest BCUT2D eigenvalue weighted by atomic mass is 10.2. The van der Waals surface area contributed by atoms with Gasteiger partial charge in [-0.15, -0.1) is 11.3 Å². The van der Waals surface area contributed by atoms with E-state index in [0.29, 0.717) is 10.6 Å². The van der Waals surface area contributed by atoms with Crippen molar-refractivity contribution in [3.05, 3.63) is 45.2 Å². The van der Waals surface area contributed by atoms with E-state index in [0.717, 1.165) is 10.0 Å². The Hall–Kier alpha value is -1.36. The van der Waals surface area contributed by atoms with Crippen molar-refractivity contribution in [2.75, 3.05) is 4.72 Å². The van der Waals surface area contributed by atoms with Crippen LogP contribution < -0.4 is 4.72 Å². The molecule has 0 saturated heterocycles. The predicted molar refractivity (Wildman–Crippen MR) is 78.7 cm³/mol. The van der Waals surface area contributed by atoms with Crippen LogP contribution in [0.3, 0.4) is 0 Å². The summed E-state index contributed by atoms with van der Waals surface area (Å²) in [6, 6.07) is 8.30. The van der Waals surface area contributed by atoms with Crippen molar-refractivity contribution in [3.63, 3.8) is 0 Å². The fraction of sp³-hybridized carbons (Fsp3) is 0.0833. The second-order valence-electron chi connectivity index (χ2n) is 3.79. The van der Waals surface area contributed by atoms with Crippen LogP contribution in [0.2, 0.25) is 0 Å². The van der Waals surface area contributed by atoms with E-state index >= 15 is 0 Å². The number of anilines is 1. The fourth-order valence-electron chi connectivity index (χ4n) is 1.44. The molecule has 19 heavy (non-hydrogen) atoms. The molecule has 1 heterocycles. The number of aryl methyl sites for hydroxylation is 1. The number of nitriles is 1. The molecule has 0 atom stereocenters. The Morgan fingerprint density at radius 3 is 2.74 bits per heavy atom. The van der Waals surface area contributed by atoms with Gasteiger partial charge in [0, 0.05) is 4.47 Å². The third-order valence-electron chi connectivity index (χ3n) is 2.45. The molecule has 1 N–H and O–H groups in total. The molecule has 2 rings (SSSR count). The highest BCUT2D eigenvalue weighted by Crippen LogP contribution is 2.27. The van der Waals surface area contributed by atoms with Gasteiger partial charge in [0.25, 0.3) is 10.0 Å². The quantitative estimate of drug-likeness (QED) is 0.914. The average molecular weight is 357 g/mol. The number of hydrogen-bond donors (Lipinski definition) is 1. The van der Waals surface area contributed by atoms with Crippen LogP contribution in [0.25, 0.3) is 0 Å². The second kappa shape index (κ2) is 5.33. The molecule has 98 valence electrons. The van der Waals surface area contributed by atoms with Crippen molar-refractivity contribution in [3.8, 4) is 6.07 Å². The van der Waals surface area contributed by atoms with E-state index in [9.17, 15) is 8.42 Å². The SMILES string of the molecule is Cc1cc(S(=O)(=O)Nc2sccc2C#N)ccc1Br. The zero-order valence-electron chi connectivity index (χ0n) is 9.84. The van der Waals surface area contributed by atoms with E-state index in [1.54, 1.807) is 23.6 Å². The van der Waals surface area contributed by atoms with E-state index in [1.165, 1.54) is 17.4 Å². The van der Waals surface area contributed by atoms with E-state index in [1.807, 2.05) is 13.0 Å². The molecule has 0 amide bonds.